The van der Waals surface area contributed by atoms with Crippen LogP contribution in [0.2, 0.25) is 0 Å². The molecule has 6 nitrogen and oxygen atoms in total. The molecule has 0 radical (unpaired) electrons. The molecule has 2 aromatic heterocycles. The third-order valence-electron chi connectivity index (χ3n) is 4.15. The number of alkyl halides is 1. The van der Waals surface area contributed by atoms with Crippen molar-refractivity contribution in [2.45, 2.75) is 38.2 Å². The summed E-state index contributed by atoms with van der Waals surface area (Å²) in [5.74, 6) is 0.363. The lowest BCUT2D eigenvalue weighted by Crippen LogP contribution is -2.30. The molecule has 0 bridgehead atoms. The number of pyridine rings is 2. The summed E-state index contributed by atoms with van der Waals surface area (Å²) in [6.45, 7) is 6.70. The van der Waals surface area contributed by atoms with E-state index in [0.29, 0.717) is 5.56 Å². The van der Waals surface area contributed by atoms with Crippen LogP contribution in [0.25, 0.3) is 0 Å². The van der Waals surface area contributed by atoms with Gasteiger partial charge in [-0.3, -0.25) is 14.4 Å². The van der Waals surface area contributed by atoms with Crippen LogP contribution in [0.15, 0.2) is 45.9 Å². The molecule has 0 aliphatic heterocycles. The largest absolute Gasteiger partial charge is 0.263 e. The van der Waals surface area contributed by atoms with Crippen molar-refractivity contribution in [1.82, 2.24) is 9.97 Å². The van der Waals surface area contributed by atoms with E-state index in [2.05, 4.69) is 41.8 Å². The molecule has 0 saturated carbocycles. The summed E-state index contributed by atoms with van der Waals surface area (Å²) in [6.07, 6.45) is 6.43. The molecule has 2 rings (SSSR count). The van der Waals surface area contributed by atoms with Crippen LogP contribution in [0.4, 0.5) is 4.39 Å². The number of hydrogen-bond donors (Lipinski definition) is 0. The molecule has 0 atom stereocenters. The van der Waals surface area contributed by atoms with Gasteiger partial charge in [-0.1, -0.05) is 13.8 Å². The van der Waals surface area contributed by atoms with E-state index in [-0.39, 0.29) is 17.3 Å². The molecule has 0 spiro atoms. The van der Waals surface area contributed by atoms with Crippen LogP contribution in [-0.2, 0) is 30.2 Å². The second kappa shape index (κ2) is 12.8. The first-order chi connectivity index (χ1) is 14.3. The van der Waals surface area contributed by atoms with Gasteiger partial charge in [-0.25, -0.2) is 16.8 Å². The zero-order valence-corrected chi connectivity index (χ0v) is 22.1. The Bertz CT molecular complexity index is 1040. The Kier molecular flexibility index (Phi) is 11.6. The zero-order valence-electron chi connectivity index (χ0n) is 18.3. The van der Waals surface area contributed by atoms with Crippen molar-refractivity contribution in [3.05, 3.63) is 57.0 Å². The summed E-state index contributed by atoms with van der Waals surface area (Å²) in [5.41, 5.74) is 1.43. The van der Waals surface area contributed by atoms with E-state index >= 15 is 0 Å². The van der Waals surface area contributed by atoms with E-state index < -0.39 is 31.6 Å². The minimum Gasteiger partial charge on any atom is -0.263 e. The van der Waals surface area contributed by atoms with Crippen molar-refractivity contribution in [3.63, 3.8) is 0 Å². The summed E-state index contributed by atoms with van der Waals surface area (Å²) >= 11 is 6.52. The maximum absolute atomic E-state index is 11.9. The quantitative estimate of drug-likeness (QED) is 0.476. The highest BCUT2D eigenvalue weighted by molar-refractivity contribution is 9.10. The molecule has 0 fully saturated rings. The highest BCUT2D eigenvalue weighted by Gasteiger charge is 2.34. The van der Waals surface area contributed by atoms with Gasteiger partial charge in [0, 0.05) is 45.2 Å². The van der Waals surface area contributed by atoms with Gasteiger partial charge in [0.25, 0.3) is 0 Å². The first-order valence-electron chi connectivity index (χ1n) is 9.45. The predicted octanol–water partition coefficient (Wildman–Crippen LogP) is 4.88. The molecule has 2 aromatic rings. The van der Waals surface area contributed by atoms with Crippen molar-refractivity contribution in [2.75, 3.05) is 18.7 Å². The number of halogens is 3. The Morgan fingerprint density at radius 3 is 1.90 bits per heavy atom. The lowest BCUT2D eigenvalue weighted by atomic mass is 10.1. The van der Waals surface area contributed by atoms with Crippen molar-refractivity contribution in [1.29, 1.82) is 0 Å². The van der Waals surface area contributed by atoms with Gasteiger partial charge in [-0.2, -0.15) is 0 Å². The van der Waals surface area contributed by atoms with E-state index in [0.717, 1.165) is 14.5 Å². The van der Waals surface area contributed by atoms with Crippen LogP contribution in [0.1, 0.15) is 40.2 Å². The second-order valence-electron chi connectivity index (χ2n) is 6.49. The van der Waals surface area contributed by atoms with Gasteiger partial charge < -0.3 is 0 Å². The highest BCUT2D eigenvalue weighted by atomic mass is 79.9. The molecule has 30 heavy (non-hydrogen) atoms. The minimum atomic E-state index is -3.13. The van der Waals surface area contributed by atoms with Gasteiger partial charge in [0.15, 0.2) is 19.7 Å². The van der Waals surface area contributed by atoms with E-state index in [1.165, 1.54) is 0 Å². The molecular weight excluding hydrogens is 563 g/mol. The van der Waals surface area contributed by atoms with Crippen molar-refractivity contribution in [3.8, 4) is 0 Å². The summed E-state index contributed by atoms with van der Waals surface area (Å²) in [4.78, 5) is 7.88. The number of sulfone groups is 2. The average Bonchev–Trinajstić information content (AvgIpc) is 2.68. The average molecular weight is 591 g/mol. The van der Waals surface area contributed by atoms with Gasteiger partial charge in [0.2, 0.25) is 0 Å². The van der Waals surface area contributed by atoms with E-state index in [1.54, 1.807) is 64.6 Å². The molecule has 0 aliphatic carbocycles. The lowest BCUT2D eigenvalue weighted by Gasteiger charge is -2.24. The van der Waals surface area contributed by atoms with Crippen LogP contribution < -0.4 is 0 Å². The Labute approximate surface area is 197 Å². The monoisotopic (exact) mass is 589 g/mol. The third kappa shape index (κ3) is 9.07. The Hall–Kier alpha value is -0.910. The fraction of sp³-hybridized carbons (Fsp3) is 0.474. The van der Waals surface area contributed by atoms with Gasteiger partial charge in [-0.15, -0.1) is 0 Å². The minimum absolute atomic E-state index is 0.0654. The maximum Gasteiger partial charge on any atom is 0.159 e. The predicted molar refractivity (Wildman–Crippen MR) is 127 cm³/mol. The number of rotatable bonds is 6. The number of nitrogens with zero attached hydrogens (tertiary/aromatic N) is 2. The molecule has 0 amide bonds. The summed E-state index contributed by atoms with van der Waals surface area (Å²) in [6, 6.07) is 3.56. The molecule has 0 aromatic carbocycles. The smallest absolute Gasteiger partial charge is 0.159 e. The van der Waals surface area contributed by atoms with E-state index in [4.69, 9.17) is 1.37 Å². The fourth-order valence-corrected chi connectivity index (χ4v) is 5.01. The topological polar surface area (TPSA) is 94.1 Å². The van der Waals surface area contributed by atoms with E-state index in [1.807, 2.05) is 0 Å². The lowest BCUT2D eigenvalue weighted by molar-refractivity contribution is 0.555. The Morgan fingerprint density at radius 2 is 1.47 bits per heavy atom. The SMILES string of the molecule is CCS(=O)(=O)C(C)(C)c1cncc(Br)c1.CCS(=O)(=O)Cc1cncc(Br)c1.[2H]CF. The normalized spacial score (nSPS) is 12.0. The van der Waals surface area contributed by atoms with Crippen LogP contribution in [0, 0.1) is 0 Å². The molecule has 0 saturated heterocycles. The molecule has 0 N–H and O–H groups in total. The van der Waals surface area contributed by atoms with Gasteiger partial charge in [0.05, 0.1) is 19.0 Å². The Balaban J connectivity index is 0.000000519. The van der Waals surface area contributed by atoms with Crippen molar-refractivity contribution >= 4 is 51.5 Å². The fourth-order valence-electron chi connectivity index (χ4n) is 2.17. The van der Waals surface area contributed by atoms with Crippen LogP contribution in [0.3, 0.4) is 0 Å². The molecule has 2 heterocycles. The van der Waals surface area contributed by atoms with Gasteiger partial charge in [0.1, 0.15) is 0 Å². The third-order valence-corrected chi connectivity index (χ3v) is 9.22. The van der Waals surface area contributed by atoms with Gasteiger partial charge >= 0.3 is 0 Å². The van der Waals surface area contributed by atoms with Crippen LogP contribution in [0.5, 0.6) is 0 Å². The van der Waals surface area contributed by atoms with Crippen LogP contribution in [-0.4, -0.2) is 45.5 Å². The summed E-state index contributed by atoms with van der Waals surface area (Å²) in [5, 5.41) is 0. The van der Waals surface area contributed by atoms with Gasteiger partial charge in [-0.05, 0) is 69.0 Å². The van der Waals surface area contributed by atoms with Crippen molar-refractivity contribution in [2.24, 2.45) is 0 Å². The zero-order chi connectivity index (χ0) is 24.3. The Morgan fingerprint density at radius 1 is 0.967 bits per heavy atom. The molecule has 0 aliphatic rings. The van der Waals surface area contributed by atoms with E-state index in [9.17, 15) is 21.2 Å². The maximum atomic E-state index is 11.9. The molecule has 11 heteroatoms. The molecule has 170 valence electrons. The number of aromatic nitrogens is 2. The summed E-state index contributed by atoms with van der Waals surface area (Å²) < 4.78 is 62.5. The first-order valence-corrected chi connectivity index (χ1v) is 13.8. The summed E-state index contributed by atoms with van der Waals surface area (Å²) in [7, 11) is -7.08. The standard InChI is InChI=1S/C10H14BrNO2S.C8H10BrNO2S.CH3F/c1-4-15(13,14)10(2,3)8-5-9(11)7-12-6-8;1-2-13(11,12)6-7-3-8(9)5-10-4-7;1-2/h5-7H,4H2,1-3H3;3-5H,2,6H2,1H3;1H3/i;;1D. The molecule has 0 unspecified atom stereocenters. The highest BCUT2D eigenvalue weighted by Crippen LogP contribution is 2.30. The second-order valence-corrected chi connectivity index (χ2v) is 13.5. The first kappa shape index (κ1) is 27.1. The van der Waals surface area contributed by atoms with Crippen LogP contribution >= 0.6 is 31.9 Å². The van der Waals surface area contributed by atoms with Crippen molar-refractivity contribution < 1.29 is 22.6 Å². The number of hydrogen-bond acceptors (Lipinski definition) is 6. The molecular formula is C19H27Br2FN2O4S2.